The largest absolute Gasteiger partial charge is 0.469 e. The van der Waals surface area contributed by atoms with Crippen LogP contribution < -0.4 is 0 Å². The summed E-state index contributed by atoms with van der Waals surface area (Å²) < 4.78 is 4.39. The maximum atomic E-state index is 10.9. The predicted octanol–water partition coefficient (Wildman–Crippen LogP) is 1.94. The van der Waals surface area contributed by atoms with Crippen LogP contribution in [-0.4, -0.2) is 18.9 Å². The van der Waals surface area contributed by atoms with Gasteiger partial charge in [0.25, 0.3) is 0 Å². The smallest absolute Gasteiger partial charge is 0.305 e. The van der Waals surface area contributed by atoms with Gasteiger partial charge in [0, 0.05) is 45.6 Å². The average molecular weight is 263 g/mol. The number of esters is 1. The van der Waals surface area contributed by atoms with Crippen molar-refractivity contribution in [3.05, 3.63) is 0 Å². The Morgan fingerprint density at radius 3 is 2.08 bits per heavy atom. The van der Waals surface area contributed by atoms with Gasteiger partial charge in [-0.3, -0.25) is 9.59 Å². The Bertz CT molecular complexity index is 146. The van der Waals surface area contributed by atoms with Gasteiger partial charge in [-0.2, -0.15) is 0 Å². The number of carbonyl (C=O) groups is 2. The molecular weight excluding hydrogens is 245 g/mol. The van der Waals surface area contributed by atoms with Gasteiger partial charge in [0.05, 0.1) is 13.5 Å². The molecule has 0 aliphatic carbocycles. The Morgan fingerprint density at radius 1 is 1.15 bits per heavy atom. The van der Waals surface area contributed by atoms with E-state index in [1.165, 1.54) is 7.11 Å². The van der Waals surface area contributed by atoms with Crippen molar-refractivity contribution < 1.29 is 47.0 Å². The Morgan fingerprint density at radius 2 is 1.69 bits per heavy atom. The van der Waals surface area contributed by atoms with Gasteiger partial charge in [-0.1, -0.05) is 14.4 Å². The fourth-order valence-corrected chi connectivity index (χ4v) is 0.747. The van der Waals surface area contributed by atoms with E-state index in [0.717, 1.165) is 6.42 Å². The summed E-state index contributed by atoms with van der Waals surface area (Å²) in [5, 5.41) is 0. The zero-order valence-electron chi connectivity index (χ0n) is 7.63. The number of Topliss-reactive ketones (excluding diaryl/α,β-unsaturated/α-hetero) is 1. The van der Waals surface area contributed by atoms with Crippen molar-refractivity contribution in [2.75, 3.05) is 7.11 Å². The van der Waals surface area contributed by atoms with E-state index in [1.54, 1.807) is 0 Å². The zero-order chi connectivity index (χ0) is 8.69. The first-order chi connectivity index (χ1) is 5.20. The first-order valence-corrected chi connectivity index (χ1v) is 3.79. The van der Waals surface area contributed by atoms with Gasteiger partial charge in [-0.25, -0.2) is 0 Å². The summed E-state index contributed by atoms with van der Waals surface area (Å²) in [6, 6.07) is 0. The first-order valence-electron chi connectivity index (χ1n) is 3.79. The van der Waals surface area contributed by atoms with Crippen LogP contribution in [0.5, 0.6) is 0 Å². The minimum atomic E-state index is -0.311. The van der Waals surface area contributed by atoms with Crippen LogP contribution in [0.1, 0.15) is 40.0 Å². The molecular formula is C9H18O3Y. The molecule has 0 saturated heterocycles. The molecule has 0 bridgehead atoms. The molecule has 1 radical (unpaired) electrons. The summed E-state index contributed by atoms with van der Waals surface area (Å²) in [6.45, 7) is 1.94. The molecule has 0 atom stereocenters. The normalized spacial score (nSPS) is 7.85. The molecule has 13 heavy (non-hydrogen) atoms. The minimum Gasteiger partial charge on any atom is -0.469 e. The molecule has 0 unspecified atom stereocenters. The zero-order valence-corrected chi connectivity index (χ0v) is 10.5. The second kappa shape index (κ2) is 12.2. The molecule has 0 aromatic heterocycles. The van der Waals surface area contributed by atoms with Crippen LogP contribution >= 0.6 is 0 Å². The van der Waals surface area contributed by atoms with Gasteiger partial charge in [-0.15, -0.1) is 0 Å². The molecule has 0 fully saturated rings. The summed E-state index contributed by atoms with van der Waals surface area (Å²) in [5.74, 6) is -0.174. The van der Waals surface area contributed by atoms with E-state index in [9.17, 15) is 9.59 Å². The SMILES string of the molecule is C.CCCC(=O)CCC(=O)OC.[Y]. The number of hydrogen-bond acceptors (Lipinski definition) is 3. The molecule has 0 aromatic rings. The van der Waals surface area contributed by atoms with Crippen LogP contribution in [-0.2, 0) is 47.0 Å². The van der Waals surface area contributed by atoms with Crippen molar-refractivity contribution in [2.45, 2.75) is 40.0 Å². The summed E-state index contributed by atoms with van der Waals surface area (Å²) in [7, 11) is 1.33. The van der Waals surface area contributed by atoms with E-state index in [4.69, 9.17) is 0 Å². The molecule has 0 spiro atoms. The van der Waals surface area contributed by atoms with Gasteiger partial charge in [0.2, 0.25) is 0 Å². The van der Waals surface area contributed by atoms with E-state index >= 15 is 0 Å². The maximum absolute atomic E-state index is 10.9. The van der Waals surface area contributed by atoms with Gasteiger partial charge in [0.15, 0.2) is 0 Å². The van der Waals surface area contributed by atoms with E-state index in [2.05, 4.69) is 4.74 Å². The Balaban J connectivity index is -0.000000500. The molecule has 0 amide bonds. The monoisotopic (exact) mass is 263 g/mol. The van der Waals surface area contributed by atoms with Crippen LogP contribution in [0.25, 0.3) is 0 Å². The van der Waals surface area contributed by atoms with Crippen LogP contribution in [0.15, 0.2) is 0 Å². The van der Waals surface area contributed by atoms with E-state index < -0.39 is 0 Å². The number of ether oxygens (including phenoxy) is 1. The molecule has 0 saturated carbocycles. The van der Waals surface area contributed by atoms with Crippen molar-refractivity contribution in [3.8, 4) is 0 Å². The molecule has 75 valence electrons. The summed E-state index contributed by atoms with van der Waals surface area (Å²) in [5.41, 5.74) is 0. The van der Waals surface area contributed by atoms with Gasteiger partial charge in [-0.05, 0) is 6.42 Å². The molecule has 0 heterocycles. The third-order valence-corrected chi connectivity index (χ3v) is 1.36. The number of carbonyl (C=O) groups excluding carboxylic acids is 2. The molecule has 0 aromatic carbocycles. The number of rotatable bonds is 5. The molecule has 0 N–H and O–H groups in total. The van der Waals surface area contributed by atoms with Crippen LogP contribution in [0.4, 0.5) is 0 Å². The van der Waals surface area contributed by atoms with Gasteiger partial charge >= 0.3 is 5.97 Å². The van der Waals surface area contributed by atoms with Crippen LogP contribution in [0.2, 0.25) is 0 Å². The fraction of sp³-hybridized carbons (Fsp3) is 0.778. The van der Waals surface area contributed by atoms with E-state index in [1.807, 2.05) is 6.92 Å². The summed E-state index contributed by atoms with van der Waals surface area (Å²) in [6.07, 6.45) is 1.95. The second-order valence-electron chi connectivity index (χ2n) is 2.36. The molecule has 4 heteroatoms. The van der Waals surface area contributed by atoms with Crippen molar-refractivity contribution in [2.24, 2.45) is 0 Å². The van der Waals surface area contributed by atoms with E-state index in [0.29, 0.717) is 12.8 Å². The topological polar surface area (TPSA) is 43.4 Å². The standard InChI is InChI=1S/C8H14O3.CH4.Y/c1-3-4-7(9)5-6-8(10)11-2;;/h3-6H2,1-2H3;1H4;. The number of methoxy groups -OCH3 is 1. The van der Waals surface area contributed by atoms with Crippen molar-refractivity contribution in [3.63, 3.8) is 0 Å². The Kier molecular flexibility index (Phi) is 17.8. The van der Waals surface area contributed by atoms with Crippen LogP contribution in [0, 0.1) is 0 Å². The van der Waals surface area contributed by atoms with E-state index in [-0.39, 0.29) is 58.3 Å². The average Bonchev–Trinajstić information content (AvgIpc) is 2.01. The Labute approximate surface area is 105 Å². The first kappa shape index (κ1) is 18.9. The predicted molar refractivity (Wildman–Crippen MR) is 47.9 cm³/mol. The van der Waals surface area contributed by atoms with Gasteiger partial charge in [0.1, 0.15) is 5.78 Å². The van der Waals surface area contributed by atoms with Gasteiger partial charge < -0.3 is 4.74 Å². The quantitative estimate of drug-likeness (QED) is 0.712. The molecule has 3 nitrogen and oxygen atoms in total. The Hall–Kier alpha value is 0.244. The summed E-state index contributed by atoms with van der Waals surface area (Å²) >= 11 is 0. The third kappa shape index (κ3) is 12.2. The number of hydrogen-bond donors (Lipinski definition) is 0. The maximum Gasteiger partial charge on any atom is 0.305 e. The fourth-order valence-electron chi connectivity index (χ4n) is 0.747. The van der Waals surface area contributed by atoms with Crippen molar-refractivity contribution in [1.29, 1.82) is 0 Å². The molecule has 0 aliphatic rings. The number of ketones is 1. The minimum absolute atomic E-state index is 0. The molecule has 0 aliphatic heterocycles. The third-order valence-electron chi connectivity index (χ3n) is 1.36. The van der Waals surface area contributed by atoms with Crippen molar-refractivity contribution in [1.82, 2.24) is 0 Å². The second-order valence-corrected chi connectivity index (χ2v) is 2.36. The molecule has 0 rings (SSSR count). The van der Waals surface area contributed by atoms with Crippen molar-refractivity contribution >= 4 is 11.8 Å². The summed E-state index contributed by atoms with van der Waals surface area (Å²) in [4.78, 5) is 21.4. The van der Waals surface area contributed by atoms with Crippen LogP contribution in [0.3, 0.4) is 0 Å².